The molecular weight excluding hydrogens is 370 g/mol. The number of pyridine rings is 1. The molecule has 1 aromatic carbocycles. The van der Waals surface area contributed by atoms with Gasteiger partial charge in [-0.3, -0.25) is 4.79 Å². The van der Waals surface area contributed by atoms with E-state index in [2.05, 4.69) is 41.2 Å². The molecule has 146 valence electrons. The Morgan fingerprint density at radius 1 is 1.21 bits per heavy atom. The van der Waals surface area contributed by atoms with Crippen LogP contribution in [-0.4, -0.2) is 48.1 Å². The van der Waals surface area contributed by atoms with Crippen LogP contribution in [0.3, 0.4) is 0 Å². The van der Waals surface area contributed by atoms with Gasteiger partial charge in [0.15, 0.2) is 0 Å². The van der Waals surface area contributed by atoms with Crippen molar-refractivity contribution in [2.45, 2.75) is 32.6 Å². The van der Waals surface area contributed by atoms with Crippen molar-refractivity contribution in [3.8, 4) is 0 Å². The smallest absolute Gasteiger partial charge is 0.255 e. The average Bonchev–Trinajstić information content (AvgIpc) is 3.10. The number of fused-ring (bicyclic) bond motifs is 1. The van der Waals surface area contributed by atoms with Crippen LogP contribution in [0.2, 0.25) is 0 Å². The van der Waals surface area contributed by atoms with Crippen molar-refractivity contribution in [1.82, 2.24) is 9.88 Å². The molecule has 0 aliphatic carbocycles. The van der Waals surface area contributed by atoms with Crippen molar-refractivity contribution in [2.75, 3.05) is 25.0 Å². The fourth-order valence-corrected chi connectivity index (χ4v) is 4.72. The summed E-state index contributed by atoms with van der Waals surface area (Å²) in [5, 5.41) is 3.35. The molecule has 1 amide bonds. The monoisotopic (exact) mass is 395 g/mol. The maximum atomic E-state index is 12.9. The number of benzene rings is 1. The van der Waals surface area contributed by atoms with E-state index in [1.165, 1.54) is 15.6 Å². The van der Waals surface area contributed by atoms with Gasteiger partial charge in [0, 0.05) is 37.6 Å². The molecule has 0 unspecified atom stereocenters. The Hall–Kier alpha value is -2.44. The molecule has 28 heavy (non-hydrogen) atoms. The second-order valence-corrected chi connectivity index (χ2v) is 8.40. The van der Waals surface area contributed by atoms with Crippen molar-refractivity contribution in [1.29, 1.82) is 0 Å². The normalized spacial score (nSPS) is 19.8. The molecule has 1 aliphatic heterocycles. The number of amides is 1. The number of carbonyl (C=O) groups excluding carboxylic acids is 1. The lowest BCUT2D eigenvalue weighted by Gasteiger charge is -2.36. The number of nitrogens with zero attached hydrogens (tertiary/aromatic N) is 3. The first-order valence-electron chi connectivity index (χ1n) is 9.58. The zero-order valence-electron chi connectivity index (χ0n) is 16.5. The summed E-state index contributed by atoms with van der Waals surface area (Å²) in [5.74, 6) is 0.878. The van der Waals surface area contributed by atoms with Crippen LogP contribution in [0.1, 0.15) is 29.8 Å². The largest absolute Gasteiger partial charge is 0.372 e. The summed E-state index contributed by atoms with van der Waals surface area (Å²) in [6.07, 6.45) is 2.04. The van der Waals surface area contributed by atoms with Gasteiger partial charge in [0.05, 0.1) is 17.8 Å². The first-order chi connectivity index (χ1) is 13.5. The van der Waals surface area contributed by atoms with Crippen LogP contribution in [-0.2, 0) is 11.3 Å². The number of hydrogen-bond donors (Lipinski definition) is 0. The number of anilines is 1. The van der Waals surface area contributed by atoms with Crippen molar-refractivity contribution >= 4 is 33.1 Å². The zero-order chi connectivity index (χ0) is 19.7. The fraction of sp³-hybridized carbons (Fsp3) is 0.364. The maximum Gasteiger partial charge on any atom is 0.255 e. The first kappa shape index (κ1) is 18.9. The van der Waals surface area contributed by atoms with Crippen LogP contribution in [0.4, 0.5) is 5.82 Å². The lowest BCUT2D eigenvalue weighted by molar-refractivity contribution is -0.00546. The predicted molar refractivity (Wildman–Crippen MR) is 114 cm³/mol. The highest BCUT2D eigenvalue weighted by molar-refractivity contribution is 7.17. The van der Waals surface area contributed by atoms with E-state index in [1.807, 2.05) is 31.3 Å². The molecule has 0 N–H and O–H groups in total. The Labute approximate surface area is 169 Å². The number of rotatable bonds is 4. The summed E-state index contributed by atoms with van der Waals surface area (Å²) in [7, 11) is 1.84. The molecule has 5 nitrogen and oxygen atoms in total. The summed E-state index contributed by atoms with van der Waals surface area (Å²) in [6.45, 7) is 6.36. The Bertz CT molecular complexity index is 959. The minimum Gasteiger partial charge on any atom is -0.372 e. The van der Waals surface area contributed by atoms with Crippen molar-refractivity contribution in [2.24, 2.45) is 0 Å². The molecule has 3 aromatic rings. The molecule has 3 heterocycles. The van der Waals surface area contributed by atoms with Crippen LogP contribution < -0.4 is 4.90 Å². The second-order valence-electron chi connectivity index (χ2n) is 7.49. The second kappa shape index (κ2) is 7.89. The van der Waals surface area contributed by atoms with Gasteiger partial charge in [-0.05, 0) is 48.4 Å². The van der Waals surface area contributed by atoms with E-state index in [1.54, 1.807) is 22.4 Å². The molecule has 2 aromatic heterocycles. The SMILES string of the molecule is C[C@@H]1CN(c2ccc(C(=O)N(C)Cc3csc4ccccc34)cn2)C[C@@H](C)O1. The molecule has 0 radical (unpaired) electrons. The van der Waals surface area contributed by atoms with Crippen molar-refractivity contribution in [3.63, 3.8) is 0 Å². The Morgan fingerprint density at radius 3 is 2.68 bits per heavy atom. The van der Waals surface area contributed by atoms with Crippen molar-refractivity contribution in [3.05, 3.63) is 59.1 Å². The van der Waals surface area contributed by atoms with Crippen LogP contribution in [0.15, 0.2) is 48.0 Å². The van der Waals surface area contributed by atoms with Gasteiger partial charge in [-0.2, -0.15) is 0 Å². The number of aromatic nitrogens is 1. The molecule has 1 saturated heterocycles. The lowest BCUT2D eigenvalue weighted by atomic mass is 10.1. The van der Waals surface area contributed by atoms with Crippen LogP contribution in [0.25, 0.3) is 10.1 Å². The van der Waals surface area contributed by atoms with Gasteiger partial charge in [0.2, 0.25) is 0 Å². The summed E-state index contributed by atoms with van der Waals surface area (Å²) >= 11 is 1.72. The highest BCUT2D eigenvalue weighted by atomic mass is 32.1. The van der Waals surface area contributed by atoms with Gasteiger partial charge >= 0.3 is 0 Å². The number of thiophene rings is 1. The Balaban J connectivity index is 1.45. The molecule has 1 aliphatic rings. The topological polar surface area (TPSA) is 45.7 Å². The third kappa shape index (κ3) is 3.88. The minimum absolute atomic E-state index is 0.0157. The van der Waals surface area contributed by atoms with Gasteiger partial charge in [0.1, 0.15) is 5.82 Å². The van der Waals surface area contributed by atoms with E-state index < -0.39 is 0 Å². The van der Waals surface area contributed by atoms with Crippen LogP contribution in [0, 0.1) is 0 Å². The summed E-state index contributed by atoms with van der Waals surface area (Å²) in [5.41, 5.74) is 1.79. The van der Waals surface area contributed by atoms with Gasteiger partial charge in [-0.1, -0.05) is 18.2 Å². The lowest BCUT2D eigenvalue weighted by Crippen LogP contribution is -2.45. The average molecular weight is 396 g/mol. The molecule has 0 spiro atoms. The Morgan fingerprint density at radius 2 is 1.96 bits per heavy atom. The van der Waals surface area contributed by atoms with Gasteiger partial charge < -0.3 is 14.5 Å². The molecule has 0 bridgehead atoms. The molecule has 0 saturated carbocycles. The summed E-state index contributed by atoms with van der Waals surface area (Å²) in [4.78, 5) is 21.4. The maximum absolute atomic E-state index is 12.9. The van der Waals surface area contributed by atoms with E-state index in [4.69, 9.17) is 4.74 Å². The highest BCUT2D eigenvalue weighted by Crippen LogP contribution is 2.27. The molecule has 4 rings (SSSR count). The molecule has 2 atom stereocenters. The summed E-state index contributed by atoms with van der Waals surface area (Å²) < 4.78 is 7.03. The predicted octanol–water partition coefficient (Wildman–Crippen LogP) is 4.18. The van der Waals surface area contributed by atoms with Crippen LogP contribution in [0.5, 0.6) is 0 Å². The molecule has 6 heteroatoms. The molecular formula is C22H25N3O2S. The van der Waals surface area contributed by atoms with E-state index >= 15 is 0 Å². The number of hydrogen-bond acceptors (Lipinski definition) is 5. The molecule has 1 fully saturated rings. The zero-order valence-corrected chi connectivity index (χ0v) is 17.3. The van der Waals surface area contributed by atoms with Gasteiger partial charge in [0.25, 0.3) is 5.91 Å². The fourth-order valence-electron chi connectivity index (χ4n) is 3.77. The third-order valence-corrected chi connectivity index (χ3v) is 6.07. The number of ether oxygens (including phenoxy) is 1. The van der Waals surface area contributed by atoms with E-state index in [0.29, 0.717) is 12.1 Å². The van der Waals surface area contributed by atoms with E-state index in [0.717, 1.165) is 18.9 Å². The van der Waals surface area contributed by atoms with Gasteiger partial charge in [-0.25, -0.2) is 4.98 Å². The Kier molecular flexibility index (Phi) is 5.33. The number of morpholine rings is 1. The quantitative estimate of drug-likeness (QED) is 0.665. The van der Waals surface area contributed by atoms with E-state index in [9.17, 15) is 4.79 Å². The first-order valence-corrected chi connectivity index (χ1v) is 10.5. The van der Waals surface area contributed by atoms with E-state index in [-0.39, 0.29) is 18.1 Å². The van der Waals surface area contributed by atoms with Crippen LogP contribution >= 0.6 is 11.3 Å². The standard InChI is InChI=1S/C22H25N3O2S/c1-15-11-25(12-16(2)27-15)21-9-8-17(10-23-21)22(26)24(3)13-18-14-28-20-7-5-4-6-19(18)20/h4-10,14-16H,11-13H2,1-3H3/t15-,16-/m1/s1. The number of carbonyl (C=O) groups is 1. The summed E-state index contributed by atoms with van der Waals surface area (Å²) in [6, 6.07) is 12.1. The highest BCUT2D eigenvalue weighted by Gasteiger charge is 2.23. The van der Waals surface area contributed by atoms with Gasteiger partial charge in [-0.15, -0.1) is 11.3 Å². The van der Waals surface area contributed by atoms with Crippen molar-refractivity contribution < 1.29 is 9.53 Å². The third-order valence-electron chi connectivity index (χ3n) is 5.05. The minimum atomic E-state index is -0.0157.